The van der Waals surface area contributed by atoms with E-state index < -0.39 is 11.9 Å². The lowest BCUT2D eigenvalue weighted by Gasteiger charge is -2.08. The molecule has 2 aromatic heterocycles. The van der Waals surface area contributed by atoms with Crippen LogP contribution in [0.2, 0.25) is 15.1 Å². The third-order valence-corrected chi connectivity index (χ3v) is 6.79. The number of aromatic nitrogens is 1. The molecule has 0 unspecified atom stereocenters. The van der Waals surface area contributed by atoms with Gasteiger partial charge in [-0.15, -0.1) is 0 Å². The maximum absolute atomic E-state index is 13.3. The number of rotatable bonds is 6. The molecule has 5 rings (SSSR count). The third kappa shape index (κ3) is 5.35. The predicted octanol–water partition coefficient (Wildman–Crippen LogP) is 8.13. The number of halogens is 4. The molecule has 0 aliphatic heterocycles. The van der Waals surface area contributed by atoms with Crippen LogP contribution in [0, 0.1) is 0 Å². The van der Waals surface area contributed by atoms with Gasteiger partial charge in [-0.2, -0.15) is 5.10 Å². The Hall–Kier alpha value is -3.56. The highest BCUT2D eigenvalue weighted by molar-refractivity contribution is 9.10. The fourth-order valence-corrected chi connectivity index (χ4v) is 5.02. The van der Waals surface area contributed by atoms with Gasteiger partial charge in [0, 0.05) is 42.1 Å². The SMILES string of the molecule is O=C(Oc1ccc(Br)cc1C=NNC(=O)c1[nH]c2cc(Cl)cc(Cl)c2c1-c1ccccc1Cl)c1ccco1. The van der Waals surface area contributed by atoms with Gasteiger partial charge in [-0.25, -0.2) is 10.2 Å². The normalized spacial score (nSPS) is 11.3. The molecule has 3 aromatic carbocycles. The van der Waals surface area contributed by atoms with Crippen LogP contribution in [0.4, 0.5) is 0 Å². The first-order valence-corrected chi connectivity index (χ1v) is 12.9. The third-order valence-electron chi connectivity index (χ3n) is 5.45. The molecule has 0 saturated heterocycles. The van der Waals surface area contributed by atoms with Crippen LogP contribution >= 0.6 is 50.7 Å². The van der Waals surface area contributed by atoms with Crippen molar-refractivity contribution < 1.29 is 18.7 Å². The summed E-state index contributed by atoms with van der Waals surface area (Å²) in [6.45, 7) is 0. The Bertz CT molecular complexity index is 1710. The van der Waals surface area contributed by atoms with Gasteiger partial charge in [0.25, 0.3) is 5.91 Å². The summed E-state index contributed by atoms with van der Waals surface area (Å²) in [5.41, 5.74) is 4.80. The zero-order valence-corrected chi connectivity index (χ0v) is 23.0. The summed E-state index contributed by atoms with van der Waals surface area (Å²) in [4.78, 5) is 28.7. The highest BCUT2D eigenvalue weighted by Gasteiger charge is 2.23. The number of hydrazone groups is 1. The Kier molecular flexibility index (Phi) is 7.58. The number of furan rings is 1. The topological polar surface area (TPSA) is 96.7 Å². The Balaban J connectivity index is 1.47. The van der Waals surface area contributed by atoms with Crippen molar-refractivity contribution in [2.75, 3.05) is 0 Å². The van der Waals surface area contributed by atoms with E-state index in [-0.39, 0.29) is 17.2 Å². The second-order valence-corrected chi connectivity index (χ2v) is 10.1. The number of carbonyl (C=O) groups excluding carboxylic acids is 2. The van der Waals surface area contributed by atoms with Crippen LogP contribution in [-0.4, -0.2) is 23.1 Å². The number of benzene rings is 3. The molecule has 0 fully saturated rings. The summed E-state index contributed by atoms with van der Waals surface area (Å²) in [5, 5.41) is 5.89. The van der Waals surface area contributed by atoms with Crippen LogP contribution in [0.15, 0.2) is 87.0 Å². The van der Waals surface area contributed by atoms with E-state index in [9.17, 15) is 9.59 Å². The number of amides is 1. The molecule has 0 atom stereocenters. The Labute approximate surface area is 239 Å². The van der Waals surface area contributed by atoms with Gasteiger partial charge < -0.3 is 14.1 Å². The number of hydrogen-bond donors (Lipinski definition) is 2. The van der Waals surface area contributed by atoms with E-state index in [0.29, 0.717) is 47.1 Å². The Morgan fingerprint density at radius 3 is 2.58 bits per heavy atom. The number of ether oxygens (including phenoxy) is 1. The van der Waals surface area contributed by atoms with Crippen molar-refractivity contribution in [3.8, 4) is 16.9 Å². The first kappa shape index (κ1) is 26.1. The Morgan fingerprint density at radius 2 is 1.82 bits per heavy atom. The summed E-state index contributed by atoms with van der Waals surface area (Å²) >= 11 is 22.6. The van der Waals surface area contributed by atoms with Crippen molar-refractivity contribution in [1.82, 2.24) is 10.4 Å². The number of hydrogen-bond acceptors (Lipinski definition) is 5. The maximum Gasteiger partial charge on any atom is 0.379 e. The summed E-state index contributed by atoms with van der Waals surface area (Å²) < 4.78 is 11.2. The zero-order valence-electron chi connectivity index (χ0n) is 19.1. The van der Waals surface area contributed by atoms with E-state index >= 15 is 0 Å². The second kappa shape index (κ2) is 11.0. The lowest BCUT2D eigenvalue weighted by atomic mass is 10.0. The smallest absolute Gasteiger partial charge is 0.379 e. The average Bonchev–Trinajstić information content (AvgIpc) is 3.54. The van der Waals surface area contributed by atoms with E-state index in [2.05, 4.69) is 31.4 Å². The van der Waals surface area contributed by atoms with Crippen LogP contribution in [0.3, 0.4) is 0 Å². The summed E-state index contributed by atoms with van der Waals surface area (Å²) in [7, 11) is 0. The molecule has 5 aromatic rings. The molecule has 190 valence electrons. The molecule has 7 nitrogen and oxygen atoms in total. The zero-order chi connectivity index (χ0) is 26.8. The Morgan fingerprint density at radius 1 is 1.00 bits per heavy atom. The number of H-pyrrole nitrogens is 1. The van der Waals surface area contributed by atoms with E-state index in [0.717, 1.165) is 0 Å². The van der Waals surface area contributed by atoms with Crippen molar-refractivity contribution in [2.45, 2.75) is 0 Å². The standard InChI is InChI=1S/C27H15BrCl3N3O4/c28-15-7-8-21(38-27(36)22-6-3-9-37-22)14(10-15)13-32-34-26(35)25-23(17-4-1-2-5-18(17)30)24-19(31)11-16(29)12-20(24)33-25/h1-13,33H,(H,34,35). The quantitative estimate of drug-likeness (QED) is 0.0856. The second-order valence-electron chi connectivity index (χ2n) is 7.91. The minimum absolute atomic E-state index is 0.0498. The fourth-order valence-electron chi connectivity index (χ4n) is 3.83. The van der Waals surface area contributed by atoms with Gasteiger partial charge in [-0.05, 0) is 48.5 Å². The van der Waals surface area contributed by atoms with Crippen LogP contribution in [0.25, 0.3) is 22.0 Å². The van der Waals surface area contributed by atoms with E-state index in [4.69, 9.17) is 44.0 Å². The van der Waals surface area contributed by atoms with Crippen molar-refractivity contribution in [1.29, 1.82) is 0 Å². The molecular formula is C27H15BrCl3N3O4. The maximum atomic E-state index is 13.3. The summed E-state index contributed by atoms with van der Waals surface area (Å²) in [5.74, 6) is -0.956. The van der Waals surface area contributed by atoms with Crippen molar-refractivity contribution >= 4 is 79.7 Å². The van der Waals surface area contributed by atoms with Crippen LogP contribution in [0.1, 0.15) is 26.6 Å². The van der Waals surface area contributed by atoms with E-state index in [1.54, 1.807) is 54.6 Å². The number of esters is 1. The van der Waals surface area contributed by atoms with Gasteiger partial charge in [-0.1, -0.05) is 68.9 Å². The summed E-state index contributed by atoms with van der Waals surface area (Å²) in [6.07, 6.45) is 2.73. The molecule has 11 heteroatoms. The molecule has 0 spiro atoms. The average molecular weight is 632 g/mol. The minimum atomic E-state index is -0.672. The number of fused-ring (bicyclic) bond motifs is 1. The molecule has 0 aliphatic carbocycles. The molecule has 0 saturated carbocycles. The van der Waals surface area contributed by atoms with Gasteiger partial charge in [0.1, 0.15) is 11.4 Å². The number of carbonyl (C=O) groups is 2. The van der Waals surface area contributed by atoms with Crippen molar-refractivity contribution in [2.24, 2.45) is 5.10 Å². The van der Waals surface area contributed by atoms with Crippen LogP contribution < -0.4 is 10.2 Å². The van der Waals surface area contributed by atoms with Crippen LogP contribution in [0.5, 0.6) is 5.75 Å². The highest BCUT2D eigenvalue weighted by Crippen LogP contribution is 2.41. The first-order chi connectivity index (χ1) is 18.3. The molecule has 0 bridgehead atoms. The number of nitrogens with zero attached hydrogens (tertiary/aromatic N) is 1. The summed E-state index contributed by atoms with van der Waals surface area (Å²) in [6, 6.07) is 18.4. The van der Waals surface area contributed by atoms with Gasteiger partial charge in [0.05, 0.1) is 17.5 Å². The molecule has 38 heavy (non-hydrogen) atoms. The largest absolute Gasteiger partial charge is 0.457 e. The lowest BCUT2D eigenvalue weighted by Crippen LogP contribution is -2.19. The minimum Gasteiger partial charge on any atom is -0.457 e. The van der Waals surface area contributed by atoms with Gasteiger partial charge in [0.2, 0.25) is 5.76 Å². The van der Waals surface area contributed by atoms with Gasteiger partial charge >= 0.3 is 5.97 Å². The van der Waals surface area contributed by atoms with E-state index in [1.165, 1.54) is 18.5 Å². The molecule has 1 amide bonds. The highest BCUT2D eigenvalue weighted by atomic mass is 79.9. The monoisotopic (exact) mass is 629 g/mol. The number of aromatic amines is 1. The molecule has 2 heterocycles. The molecular weight excluding hydrogens is 617 g/mol. The first-order valence-electron chi connectivity index (χ1n) is 11.0. The van der Waals surface area contributed by atoms with Gasteiger partial charge in [0.15, 0.2) is 0 Å². The molecule has 0 radical (unpaired) electrons. The van der Waals surface area contributed by atoms with Gasteiger partial charge in [-0.3, -0.25) is 4.79 Å². The lowest BCUT2D eigenvalue weighted by molar-refractivity contribution is 0.0700. The fraction of sp³-hybridized carbons (Fsp3) is 0. The van der Waals surface area contributed by atoms with Crippen molar-refractivity contribution in [3.63, 3.8) is 0 Å². The van der Waals surface area contributed by atoms with Crippen LogP contribution in [-0.2, 0) is 0 Å². The van der Waals surface area contributed by atoms with Crippen molar-refractivity contribution in [3.05, 3.63) is 110 Å². The molecule has 0 aliphatic rings. The van der Waals surface area contributed by atoms with E-state index in [1.807, 2.05) is 6.07 Å². The molecule has 2 N–H and O–H groups in total. The predicted molar refractivity (Wildman–Crippen MR) is 152 cm³/mol. The number of nitrogens with one attached hydrogen (secondary N) is 2.